The van der Waals surface area contributed by atoms with Gasteiger partial charge < -0.3 is 0 Å². The number of carbonyl (C=O) groups is 1. The fourth-order valence-electron chi connectivity index (χ4n) is 2.17. The second-order valence-corrected chi connectivity index (χ2v) is 8.91. The van der Waals surface area contributed by atoms with Crippen molar-refractivity contribution in [1.29, 1.82) is 0 Å². The average molecular weight is 525 g/mol. The molecule has 0 aromatic heterocycles. The first-order valence-electron chi connectivity index (χ1n) is 6.00. The molecule has 1 aliphatic rings. The fourth-order valence-corrected chi connectivity index (χ4v) is 4.56. The number of sulfonamides is 1. The molecule has 0 N–H and O–H groups in total. The van der Waals surface area contributed by atoms with Gasteiger partial charge in [-0.25, -0.2) is 12.7 Å². The molecule has 0 unspecified atom stereocenters. The monoisotopic (exact) mass is 525 g/mol. The van der Waals surface area contributed by atoms with Gasteiger partial charge in [0, 0.05) is 7.14 Å². The summed E-state index contributed by atoms with van der Waals surface area (Å²) in [7, 11) is -3.74. The largest absolute Gasteiger partial charge is 0.269 e. The Morgan fingerprint density at radius 2 is 1.57 bits per heavy atom. The summed E-state index contributed by atoms with van der Waals surface area (Å²) < 4.78 is 27.8. The molecule has 2 aromatic carbocycles. The minimum absolute atomic E-state index is 0.0589. The Morgan fingerprint density at radius 1 is 0.952 bits per heavy atom. The van der Waals surface area contributed by atoms with E-state index in [0.717, 1.165) is 17.0 Å². The minimum Gasteiger partial charge on any atom is -0.268 e. The molecule has 1 aliphatic heterocycles. The van der Waals surface area contributed by atoms with Crippen LogP contribution in [0.2, 0.25) is 0 Å². The second kappa shape index (κ2) is 5.51. The van der Waals surface area contributed by atoms with Crippen molar-refractivity contribution in [3.8, 4) is 0 Å². The summed E-state index contributed by atoms with van der Waals surface area (Å²) in [6.07, 6.45) is 0. The maximum Gasteiger partial charge on any atom is 0.269 e. The Labute approximate surface area is 149 Å². The van der Waals surface area contributed by atoms with Crippen LogP contribution in [-0.4, -0.2) is 18.6 Å². The van der Waals surface area contributed by atoms with Crippen LogP contribution in [0.4, 0.5) is 0 Å². The zero-order valence-corrected chi connectivity index (χ0v) is 15.7. The van der Waals surface area contributed by atoms with Gasteiger partial charge in [0.25, 0.3) is 15.9 Å². The van der Waals surface area contributed by atoms with E-state index in [0.29, 0.717) is 0 Å². The molecular formula is C14H9I2NO3S. The maximum atomic E-state index is 12.5. The normalized spacial score (nSPS) is 16.1. The molecule has 2 aromatic rings. The van der Waals surface area contributed by atoms with Gasteiger partial charge in [0.15, 0.2) is 0 Å². The van der Waals surface area contributed by atoms with Gasteiger partial charge in [-0.15, -0.1) is 0 Å². The molecule has 1 amide bonds. The van der Waals surface area contributed by atoms with Crippen LogP contribution in [0.1, 0.15) is 15.9 Å². The van der Waals surface area contributed by atoms with Gasteiger partial charge in [-0.2, -0.15) is 0 Å². The SMILES string of the molecule is O=C1c2cc(I)ccc2S(=O)(=O)N1Cc1ccc(I)cc1. The Bertz CT molecular complexity index is 832. The molecule has 0 aliphatic carbocycles. The zero-order chi connectivity index (χ0) is 15.2. The van der Waals surface area contributed by atoms with E-state index < -0.39 is 15.9 Å². The topological polar surface area (TPSA) is 54.5 Å². The average Bonchev–Trinajstić information content (AvgIpc) is 2.62. The van der Waals surface area contributed by atoms with Crippen molar-refractivity contribution in [1.82, 2.24) is 4.31 Å². The van der Waals surface area contributed by atoms with E-state index in [-0.39, 0.29) is 17.0 Å². The third-order valence-electron chi connectivity index (χ3n) is 3.21. The van der Waals surface area contributed by atoms with Crippen molar-refractivity contribution in [2.24, 2.45) is 0 Å². The van der Waals surface area contributed by atoms with Crippen LogP contribution in [0.5, 0.6) is 0 Å². The van der Waals surface area contributed by atoms with Crippen LogP contribution < -0.4 is 0 Å². The lowest BCUT2D eigenvalue weighted by molar-refractivity contribution is 0.0865. The molecule has 3 rings (SSSR count). The quantitative estimate of drug-likeness (QED) is 0.567. The van der Waals surface area contributed by atoms with E-state index in [9.17, 15) is 13.2 Å². The maximum absolute atomic E-state index is 12.5. The number of benzene rings is 2. The molecule has 21 heavy (non-hydrogen) atoms. The molecule has 4 nitrogen and oxygen atoms in total. The van der Waals surface area contributed by atoms with Crippen LogP contribution in [-0.2, 0) is 16.6 Å². The highest BCUT2D eigenvalue weighted by atomic mass is 127. The standard InChI is InChI=1S/C14H9I2NO3S/c15-10-3-1-9(2-4-10)8-17-14(18)12-7-11(16)5-6-13(12)21(17,19)20/h1-7H,8H2. The van der Waals surface area contributed by atoms with E-state index in [2.05, 4.69) is 45.2 Å². The van der Waals surface area contributed by atoms with Gasteiger partial charge in [0.05, 0.1) is 12.1 Å². The van der Waals surface area contributed by atoms with E-state index in [1.165, 1.54) is 6.07 Å². The van der Waals surface area contributed by atoms with Crippen LogP contribution >= 0.6 is 45.2 Å². The van der Waals surface area contributed by atoms with Crippen LogP contribution in [0.25, 0.3) is 0 Å². The summed E-state index contributed by atoms with van der Waals surface area (Å²) in [6, 6.07) is 12.2. The van der Waals surface area contributed by atoms with Crippen LogP contribution in [0.3, 0.4) is 0 Å². The van der Waals surface area contributed by atoms with Gasteiger partial charge in [-0.05, 0) is 81.1 Å². The summed E-state index contributed by atoms with van der Waals surface area (Å²) in [5.74, 6) is -0.456. The van der Waals surface area contributed by atoms with Gasteiger partial charge in [-0.3, -0.25) is 4.79 Å². The lowest BCUT2D eigenvalue weighted by Crippen LogP contribution is -2.29. The highest BCUT2D eigenvalue weighted by molar-refractivity contribution is 14.1. The van der Waals surface area contributed by atoms with E-state index in [1.807, 2.05) is 24.3 Å². The molecular weight excluding hydrogens is 516 g/mol. The molecule has 0 spiro atoms. The van der Waals surface area contributed by atoms with Crippen molar-refractivity contribution in [2.75, 3.05) is 0 Å². The van der Waals surface area contributed by atoms with Crippen molar-refractivity contribution >= 4 is 61.1 Å². The van der Waals surface area contributed by atoms with E-state index in [4.69, 9.17) is 0 Å². The highest BCUT2D eigenvalue weighted by Gasteiger charge is 2.41. The predicted molar refractivity (Wildman–Crippen MR) is 95.4 cm³/mol. The van der Waals surface area contributed by atoms with Crippen molar-refractivity contribution in [3.05, 3.63) is 60.7 Å². The summed E-state index contributed by atoms with van der Waals surface area (Å²) in [5, 5.41) is 0. The summed E-state index contributed by atoms with van der Waals surface area (Å²) in [6.45, 7) is 0.0589. The number of amides is 1. The lowest BCUT2D eigenvalue weighted by Gasteiger charge is -2.15. The summed E-state index contributed by atoms with van der Waals surface area (Å²) in [5.41, 5.74) is 1.04. The Hall–Kier alpha value is -0.680. The fraction of sp³-hybridized carbons (Fsp3) is 0.0714. The minimum atomic E-state index is -3.74. The number of halogens is 2. The molecule has 0 atom stereocenters. The van der Waals surface area contributed by atoms with Gasteiger partial charge in [-0.1, -0.05) is 12.1 Å². The van der Waals surface area contributed by atoms with Crippen LogP contribution in [0, 0.1) is 7.14 Å². The van der Waals surface area contributed by atoms with E-state index >= 15 is 0 Å². The molecule has 0 saturated heterocycles. The van der Waals surface area contributed by atoms with Gasteiger partial charge in [0.1, 0.15) is 4.90 Å². The zero-order valence-electron chi connectivity index (χ0n) is 10.6. The Balaban J connectivity index is 2.02. The third-order valence-corrected chi connectivity index (χ3v) is 6.38. The number of hydrogen-bond acceptors (Lipinski definition) is 3. The summed E-state index contributed by atoms with van der Waals surface area (Å²) >= 11 is 4.24. The first-order chi connectivity index (χ1) is 9.89. The van der Waals surface area contributed by atoms with Gasteiger partial charge in [0.2, 0.25) is 0 Å². The molecule has 0 saturated carbocycles. The first-order valence-corrected chi connectivity index (χ1v) is 9.60. The molecule has 0 radical (unpaired) electrons. The van der Waals surface area contributed by atoms with Crippen LogP contribution in [0.15, 0.2) is 47.4 Å². The number of carbonyl (C=O) groups excluding carboxylic acids is 1. The molecule has 0 bridgehead atoms. The lowest BCUT2D eigenvalue weighted by atomic mass is 10.2. The van der Waals surface area contributed by atoms with Crippen molar-refractivity contribution in [2.45, 2.75) is 11.4 Å². The molecule has 7 heteroatoms. The Morgan fingerprint density at radius 3 is 2.24 bits per heavy atom. The second-order valence-electron chi connectivity index (χ2n) is 4.58. The van der Waals surface area contributed by atoms with E-state index in [1.54, 1.807) is 12.1 Å². The molecule has 108 valence electrons. The first kappa shape index (κ1) is 15.2. The third kappa shape index (κ3) is 2.70. The summed E-state index contributed by atoms with van der Waals surface area (Å²) in [4.78, 5) is 12.5. The number of hydrogen-bond donors (Lipinski definition) is 0. The predicted octanol–water partition coefficient (Wildman–Crippen LogP) is 3.24. The number of rotatable bonds is 2. The van der Waals surface area contributed by atoms with Crippen molar-refractivity contribution in [3.63, 3.8) is 0 Å². The molecule has 1 heterocycles. The van der Waals surface area contributed by atoms with Gasteiger partial charge >= 0.3 is 0 Å². The smallest absolute Gasteiger partial charge is 0.268 e. The molecule has 0 fully saturated rings. The Kier molecular flexibility index (Phi) is 3.99. The van der Waals surface area contributed by atoms with Crippen molar-refractivity contribution < 1.29 is 13.2 Å². The number of nitrogens with zero attached hydrogens (tertiary/aromatic N) is 1. The number of fused-ring (bicyclic) bond motifs is 1. The highest BCUT2D eigenvalue weighted by Crippen LogP contribution is 2.32.